The molecule has 2 amide bonds. The van der Waals surface area contributed by atoms with E-state index < -0.39 is 5.41 Å². The van der Waals surface area contributed by atoms with E-state index in [-0.39, 0.29) is 11.8 Å². The van der Waals surface area contributed by atoms with Crippen molar-refractivity contribution in [2.24, 2.45) is 0 Å². The maximum atomic E-state index is 13.1. The van der Waals surface area contributed by atoms with E-state index in [1.165, 1.54) is 0 Å². The Balaban J connectivity index is 1.51. The zero-order valence-electron chi connectivity index (χ0n) is 15.0. The fraction of sp³-hybridized carbons (Fsp3) is 0.300. The van der Waals surface area contributed by atoms with Crippen LogP contribution in [0.3, 0.4) is 0 Å². The van der Waals surface area contributed by atoms with Gasteiger partial charge in [-0.1, -0.05) is 18.2 Å². The molecule has 0 aliphatic carbocycles. The topological polar surface area (TPSA) is 70.8 Å². The standard InChI is InChI=1S/C20H19N5O2/c1-23-16-7-3-2-6-14(16)20(18(23)27)8-4-10-25(13-20)17(26)15-12-24-11-5-9-21-19(24)22-15/h2-3,5-7,9,11-12H,4,8,10,13H2,1H3. The fourth-order valence-electron chi connectivity index (χ4n) is 4.43. The smallest absolute Gasteiger partial charge is 0.274 e. The number of carbonyl (C=O) groups excluding carboxylic acids is 2. The van der Waals surface area contributed by atoms with E-state index in [4.69, 9.17) is 0 Å². The molecule has 1 saturated heterocycles. The van der Waals surface area contributed by atoms with Crippen LogP contribution in [0.5, 0.6) is 0 Å². The summed E-state index contributed by atoms with van der Waals surface area (Å²) in [5, 5.41) is 0. The quantitative estimate of drug-likeness (QED) is 0.664. The van der Waals surface area contributed by atoms with Crippen molar-refractivity contribution in [1.82, 2.24) is 19.3 Å². The van der Waals surface area contributed by atoms with E-state index in [2.05, 4.69) is 9.97 Å². The van der Waals surface area contributed by atoms with Crippen molar-refractivity contribution < 1.29 is 9.59 Å². The summed E-state index contributed by atoms with van der Waals surface area (Å²) in [5.74, 6) is 0.409. The highest BCUT2D eigenvalue weighted by atomic mass is 16.2. The number of rotatable bonds is 1. The molecule has 0 N–H and O–H groups in total. The minimum Gasteiger partial charge on any atom is -0.336 e. The molecular weight excluding hydrogens is 342 g/mol. The molecule has 7 heteroatoms. The number of amides is 2. The summed E-state index contributed by atoms with van der Waals surface area (Å²) < 4.78 is 1.73. The number of nitrogens with zero attached hydrogens (tertiary/aromatic N) is 5. The number of anilines is 1. The average Bonchev–Trinajstić information content (AvgIpc) is 3.23. The van der Waals surface area contributed by atoms with Crippen LogP contribution in [0.15, 0.2) is 48.9 Å². The van der Waals surface area contributed by atoms with E-state index in [0.717, 1.165) is 24.1 Å². The molecule has 0 radical (unpaired) electrons. The summed E-state index contributed by atoms with van der Waals surface area (Å²) in [5.41, 5.74) is 1.66. The van der Waals surface area contributed by atoms with Crippen LogP contribution >= 0.6 is 0 Å². The number of fused-ring (bicyclic) bond motifs is 3. The average molecular weight is 361 g/mol. The maximum absolute atomic E-state index is 13.1. The van der Waals surface area contributed by atoms with Gasteiger partial charge in [-0.2, -0.15) is 0 Å². The maximum Gasteiger partial charge on any atom is 0.274 e. The third kappa shape index (κ3) is 2.21. The van der Waals surface area contributed by atoms with Gasteiger partial charge in [-0.15, -0.1) is 0 Å². The van der Waals surface area contributed by atoms with Crippen molar-refractivity contribution in [2.45, 2.75) is 18.3 Å². The molecule has 4 heterocycles. The van der Waals surface area contributed by atoms with Crippen LogP contribution in [-0.4, -0.2) is 51.2 Å². The number of piperidine rings is 1. The highest BCUT2D eigenvalue weighted by Crippen LogP contribution is 2.46. The lowest BCUT2D eigenvalue weighted by Gasteiger charge is -2.39. The highest BCUT2D eigenvalue weighted by Gasteiger charge is 2.52. The summed E-state index contributed by atoms with van der Waals surface area (Å²) in [6, 6.07) is 9.68. The number of carbonyl (C=O) groups is 2. The molecule has 1 atom stereocenters. The Bertz CT molecular complexity index is 1040. The SMILES string of the molecule is CN1C(=O)C2(CCCN(C(=O)c3cn4cccnc4n3)C2)c2ccccc21. The Kier molecular flexibility index (Phi) is 3.34. The number of benzene rings is 1. The molecular formula is C20H19N5O2. The van der Waals surface area contributed by atoms with Crippen molar-refractivity contribution in [2.75, 3.05) is 25.0 Å². The predicted octanol–water partition coefficient (Wildman–Crippen LogP) is 1.88. The number of likely N-dealkylation sites (N-methyl/N-ethyl adjacent to an activating group) is 1. The first kappa shape index (κ1) is 16.0. The molecule has 2 aliphatic rings. The summed E-state index contributed by atoms with van der Waals surface area (Å²) in [7, 11) is 1.81. The second-order valence-electron chi connectivity index (χ2n) is 7.25. The molecule has 0 saturated carbocycles. The van der Waals surface area contributed by atoms with E-state index in [1.807, 2.05) is 37.5 Å². The van der Waals surface area contributed by atoms with Crippen LogP contribution in [-0.2, 0) is 10.2 Å². The molecule has 5 rings (SSSR count). The third-order valence-corrected chi connectivity index (χ3v) is 5.73. The summed E-state index contributed by atoms with van der Waals surface area (Å²) >= 11 is 0. The van der Waals surface area contributed by atoms with Crippen LogP contribution in [0.25, 0.3) is 5.78 Å². The number of para-hydroxylation sites is 1. The fourth-order valence-corrected chi connectivity index (χ4v) is 4.43. The zero-order chi connectivity index (χ0) is 18.6. The molecule has 0 bridgehead atoms. The van der Waals surface area contributed by atoms with Gasteiger partial charge in [0, 0.05) is 44.4 Å². The molecule has 27 heavy (non-hydrogen) atoms. The predicted molar refractivity (Wildman–Crippen MR) is 99.7 cm³/mol. The van der Waals surface area contributed by atoms with Gasteiger partial charge in [0.15, 0.2) is 0 Å². The lowest BCUT2D eigenvalue weighted by Crippen LogP contribution is -2.53. The summed E-state index contributed by atoms with van der Waals surface area (Å²) in [6.45, 7) is 1.01. The van der Waals surface area contributed by atoms with Crippen LogP contribution in [0.2, 0.25) is 0 Å². The largest absolute Gasteiger partial charge is 0.336 e. The van der Waals surface area contributed by atoms with Gasteiger partial charge in [0.1, 0.15) is 5.69 Å². The molecule has 2 aromatic heterocycles. The van der Waals surface area contributed by atoms with Crippen LogP contribution in [0.1, 0.15) is 28.9 Å². The zero-order valence-corrected chi connectivity index (χ0v) is 15.0. The minimum atomic E-state index is -0.656. The van der Waals surface area contributed by atoms with Gasteiger partial charge < -0.3 is 9.80 Å². The number of aromatic nitrogens is 3. The minimum absolute atomic E-state index is 0.0675. The Labute approximate surface area is 156 Å². The second-order valence-corrected chi connectivity index (χ2v) is 7.25. The Hall–Kier alpha value is -3.22. The van der Waals surface area contributed by atoms with Crippen LogP contribution in [0.4, 0.5) is 5.69 Å². The van der Waals surface area contributed by atoms with Gasteiger partial charge in [0.05, 0.1) is 5.41 Å². The second kappa shape index (κ2) is 5.64. The van der Waals surface area contributed by atoms with Gasteiger partial charge >= 0.3 is 0 Å². The first-order valence-corrected chi connectivity index (χ1v) is 9.07. The molecule has 3 aromatic rings. The van der Waals surface area contributed by atoms with E-state index in [9.17, 15) is 9.59 Å². The van der Waals surface area contributed by atoms with Crippen molar-refractivity contribution in [3.8, 4) is 0 Å². The number of imidazole rings is 1. The Morgan fingerprint density at radius 3 is 2.93 bits per heavy atom. The van der Waals surface area contributed by atoms with Gasteiger partial charge in [0.25, 0.3) is 5.91 Å². The molecule has 1 fully saturated rings. The van der Waals surface area contributed by atoms with Gasteiger partial charge in [0.2, 0.25) is 11.7 Å². The highest BCUT2D eigenvalue weighted by molar-refractivity contribution is 6.08. The summed E-state index contributed by atoms with van der Waals surface area (Å²) in [4.78, 5) is 38.3. The van der Waals surface area contributed by atoms with E-state index in [0.29, 0.717) is 24.6 Å². The lowest BCUT2D eigenvalue weighted by atomic mass is 9.75. The van der Waals surface area contributed by atoms with Gasteiger partial charge in [-0.3, -0.25) is 14.0 Å². The number of hydrogen-bond donors (Lipinski definition) is 0. The number of likely N-dealkylation sites (tertiary alicyclic amines) is 1. The first-order chi connectivity index (χ1) is 13.1. The van der Waals surface area contributed by atoms with Gasteiger partial charge in [-0.05, 0) is 30.5 Å². The van der Waals surface area contributed by atoms with Crippen molar-refractivity contribution in [3.63, 3.8) is 0 Å². The lowest BCUT2D eigenvalue weighted by molar-refractivity contribution is -0.124. The molecule has 1 spiro atoms. The molecule has 1 aromatic carbocycles. The summed E-state index contributed by atoms with van der Waals surface area (Å²) in [6.07, 6.45) is 6.70. The first-order valence-electron chi connectivity index (χ1n) is 9.07. The molecule has 7 nitrogen and oxygen atoms in total. The monoisotopic (exact) mass is 361 g/mol. The molecule has 2 aliphatic heterocycles. The van der Waals surface area contributed by atoms with Crippen LogP contribution in [0, 0.1) is 0 Å². The van der Waals surface area contributed by atoms with Crippen molar-refractivity contribution in [3.05, 3.63) is 60.2 Å². The Morgan fingerprint density at radius 2 is 2.07 bits per heavy atom. The van der Waals surface area contributed by atoms with Crippen LogP contribution < -0.4 is 4.90 Å². The Morgan fingerprint density at radius 1 is 1.22 bits per heavy atom. The van der Waals surface area contributed by atoms with Crippen molar-refractivity contribution in [1.29, 1.82) is 0 Å². The molecule has 1 unspecified atom stereocenters. The third-order valence-electron chi connectivity index (χ3n) is 5.73. The normalized spacial score (nSPS) is 21.9. The number of hydrogen-bond acceptors (Lipinski definition) is 4. The molecule has 136 valence electrons. The van der Waals surface area contributed by atoms with Gasteiger partial charge in [-0.25, -0.2) is 9.97 Å². The van der Waals surface area contributed by atoms with Crippen molar-refractivity contribution >= 4 is 23.3 Å². The van der Waals surface area contributed by atoms with E-state index >= 15 is 0 Å². The van der Waals surface area contributed by atoms with E-state index in [1.54, 1.807) is 32.7 Å².